The molecule has 10 nitrogen and oxygen atoms in total. The summed E-state index contributed by atoms with van der Waals surface area (Å²) in [7, 11) is 0.338. The molecule has 6 atom stereocenters. The van der Waals surface area contributed by atoms with Crippen LogP contribution in [0.2, 0.25) is 18.1 Å². The van der Waals surface area contributed by atoms with Crippen LogP contribution in [0.4, 0.5) is 0 Å². The Morgan fingerprint density at radius 3 is 2.00 bits per heavy atom. The zero-order valence-corrected chi connectivity index (χ0v) is 31.3. The monoisotopic (exact) mass is 659 g/mol. The fourth-order valence-corrected chi connectivity index (χ4v) is 7.24. The number of nitrogens with one attached hydrogen (secondary N) is 1. The van der Waals surface area contributed by atoms with Gasteiger partial charge in [-0.1, -0.05) is 85.5 Å². The fourth-order valence-electron chi connectivity index (χ4n) is 5.90. The van der Waals surface area contributed by atoms with Gasteiger partial charge in [-0.25, -0.2) is 4.79 Å². The first-order valence-corrected chi connectivity index (χ1v) is 20.1. The van der Waals surface area contributed by atoms with Crippen molar-refractivity contribution in [2.45, 2.75) is 179 Å². The van der Waals surface area contributed by atoms with Crippen LogP contribution in [0.5, 0.6) is 0 Å². The van der Waals surface area contributed by atoms with Gasteiger partial charge < -0.3 is 38.2 Å². The van der Waals surface area contributed by atoms with Crippen molar-refractivity contribution >= 4 is 20.2 Å². The second kappa shape index (κ2) is 17.9. The van der Waals surface area contributed by atoms with E-state index in [1.807, 2.05) is 13.8 Å². The second-order valence-electron chi connectivity index (χ2n) is 14.8. The second-order valence-corrected chi connectivity index (χ2v) is 19.5. The molecule has 2 saturated heterocycles. The average molecular weight is 660 g/mol. The lowest BCUT2D eigenvalue weighted by Crippen LogP contribution is -2.69. The van der Waals surface area contributed by atoms with E-state index in [0.29, 0.717) is 6.61 Å². The summed E-state index contributed by atoms with van der Waals surface area (Å²) in [6.07, 6.45) is 9.50. The molecule has 0 aliphatic carbocycles. The van der Waals surface area contributed by atoms with Gasteiger partial charge in [-0.2, -0.15) is 0 Å². The van der Waals surface area contributed by atoms with Crippen molar-refractivity contribution < 1.29 is 42.4 Å². The van der Waals surface area contributed by atoms with E-state index < -0.39 is 56.3 Å². The third-order valence-corrected chi connectivity index (χ3v) is 14.0. The Morgan fingerprint density at radius 2 is 1.53 bits per heavy atom. The molecule has 0 aromatic heterocycles. The Morgan fingerprint density at radius 1 is 0.956 bits per heavy atom. The van der Waals surface area contributed by atoms with Crippen molar-refractivity contribution in [2.75, 3.05) is 27.4 Å². The van der Waals surface area contributed by atoms with Gasteiger partial charge in [0.25, 0.3) is 5.79 Å². The number of hydrogen-bond donors (Lipinski definition) is 1. The van der Waals surface area contributed by atoms with Crippen LogP contribution in [0, 0.1) is 0 Å². The summed E-state index contributed by atoms with van der Waals surface area (Å²) in [5.41, 5.74) is 0. The Labute approximate surface area is 274 Å². The van der Waals surface area contributed by atoms with Gasteiger partial charge in [0.1, 0.15) is 18.3 Å². The van der Waals surface area contributed by atoms with Crippen LogP contribution >= 0.6 is 0 Å². The van der Waals surface area contributed by atoms with Gasteiger partial charge in [-0.3, -0.25) is 4.79 Å². The van der Waals surface area contributed by atoms with Gasteiger partial charge in [-0.05, 0) is 38.4 Å². The zero-order valence-electron chi connectivity index (χ0n) is 30.3. The molecule has 0 aromatic rings. The number of amides is 1. The average Bonchev–Trinajstić information content (AvgIpc) is 3.32. The molecule has 2 heterocycles. The molecule has 1 N–H and O–H groups in total. The van der Waals surface area contributed by atoms with Crippen LogP contribution < -0.4 is 5.32 Å². The van der Waals surface area contributed by atoms with Gasteiger partial charge >= 0.3 is 5.97 Å². The van der Waals surface area contributed by atoms with Crippen molar-refractivity contribution in [3.63, 3.8) is 0 Å². The molecular formula is C34H65NO9Si. The molecule has 0 spiro atoms. The van der Waals surface area contributed by atoms with E-state index >= 15 is 0 Å². The number of hydrogen-bond acceptors (Lipinski definition) is 9. The van der Waals surface area contributed by atoms with Crippen LogP contribution in [-0.4, -0.2) is 89.7 Å². The van der Waals surface area contributed by atoms with E-state index in [-0.39, 0.29) is 24.0 Å². The smallest absolute Gasteiger partial charge is 0.366 e. The number of rotatable bonds is 19. The Kier molecular flexibility index (Phi) is 15.9. The molecule has 2 aliphatic rings. The third kappa shape index (κ3) is 11.8. The maximum atomic E-state index is 13.3. The molecule has 1 amide bonds. The molecule has 0 bridgehead atoms. The normalized spacial score (nSPS) is 27.7. The van der Waals surface area contributed by atoms with E-state index in [1.165, 1.54) is 66.1 Å². The highest BCUT2D eigenvalue weighted by Crippen LogP contribution is 2.43. The Balaban J connectivity index is 2.33. The lowest BCUT2D eigenvalue weighted by Gasteiger charge is -2.51. The van der Waals surface area contributed by atoms with Crippen molar-refractivity contribution in [3.8, 4) is 0 Å². The van der Waals surface area contributed by atoms with Gasteiger partial charge in [0, 0.05) is 27.1 Å². The number of esters is 1. The number of carbonyl (C=O) groups is 2. The van der Waals surface area contributed by atoms with Gasteiger partial charge in [-0.15, -0.1) is 0 Å². The van der Waals surface area contributed by atoms with Crippen LogP contribution in [0.1, 0.15) is 119 Å². The van der Waals surface area contributed by atoms with E-state index in [1.54, 1.807) is 0 Å². The van der Waals surface area contributed by atoms with Crippen molar-refractivity contribution in [3.05, 3.63) is 0 Å². The van der Waals surface area contributed by atoms with Crippen LogP contribution in [0.3, 0.4) is 0 Å². The maximum Gasteiger partial charge on any atom is 0.366 e. The molecule has 0 saturated carbocycles. The summed E-state index contributed by atoms with van der Waals surface area (Å²) >= 11 is 0. The third-order valence-electron chi connectivity index (χ3n) is 9.53. The summed E-state index contributed by atoms with van der Waals surface area (Å²) in [6.45, 7) is 18.9. The van der Waals surface area contributed by atoms with Gasteiger partial charge in [0.15, 0.2) is 14.1 Å². The topological polar surface area (TPSA) is 111 Å². The number of carbonyl (C=O) groups excluding carboxylic acids is 2. The van der Waals surface area contributed by atoms with Crippen molar-refractivity contribution in [1.82, 2.24) is 5.32 Å². The molecule has 2 rings (SSSR count). The standard InChI is InChI=1S/C34H65NO9Si/c1-12-13-14-15-16-17-18-19-20-21-22-40-29(27-24-41-33(6,7)42-27)30-28(35-25(2)36)26(44-45(10,11)32(3,4)5)23-34(39-9,43-30)31(37)38-8/h26-30H,12-24H2,1-11H3,(H,35,36)/t26-,27+,28+,29+,30+,34-/m0/s1. The zero-order chi connectivity index (χ0) is 33.9. The van der Waals surface area contributed by atoms with E-state index in [9.17, 15) is 9.59 Å². The highest BCUT2D eigenvalue weighted by atomic mass is 28.4. The fraction of sp³-hybridized carbons (Fsp3) is 0.941. The molecule has 2 aliphatic heterocycles. The van der Waals surface area contributed by atoms with Gasteiger partial charge in [0.05, 0.1) is 25.9 Å². The molecular weight excluding hydrogens is 594 g/mol. The minimum Gasteiger partial charge on any atom is -0.465 e. The van der Waals surface area contributed by atoms with Gasteiger partial charge in [0.2, 0.25) is 5.91 Å². The summed E-state index contributed by atoms with van der Waals surface area (Å²) in [5.74, 6) is -3.48. The van der Waals surface area contributed by atoms with E-state index in [4.69, 9.17) is 32.8 Å². The lowest BCUT2D eigenvalue weighted by atomic mass is 9.88. The first kappa shape index (κ1) is 40.1. The number of unbranched alkanes of at least 4 members (excludes halogenated alkanes) is 9. The summed E-state index contributed by atoms with van der Waals surface area (Å²) < 4.78 is 43.4. The first-order valence-electron chi connectivity index (χ1n) is 17.2. The first-order chi connectivity index (χ1) is 21.0. The van der Waals surface area contributed by atoms with Crippen LogP contribution in [0.15, 0.2) is 0 Å². The molecule has 45 heavy (non-hydrogen) atoms. The summed E-state index contributed by atoms with van der Waals surface area (Å²) in [6, 6.07) is -0.644. The van der Waals surface area contributed by atoms with E-state index in [0.717, 1.165) is 19.3 Å². The molecule has 0 unspecified atom stereocenters. The summed E-state index contributed by atoms with van der Waals surface area (Å²) in [5, 5.41) is 2.97. The molecule has 0 aromatic carbocycles. The van der Waals surface area contributed by atoms with Crippen molar-refractivity contribution in [2.24, 2.45) is 0 Å². The minimum atomic E-state index is -2.39. The molecule has 264 valence electrons. The predicted octanol–water partition coefficient (Wildman–Crippen LogP) is 6.64. The number of methoxy groups -OCH3 is 2. The maximum absolute atomic E-state index is 13.3. The molecule has 2 fully saturated rings. The quantitative estimate of drug-likeness (QED) is 0.0927. The minimum absolute atomic E-state index is 0.0445. The van der Waals surface area contributed by atoms with Crippen LogP contribution in [0.25, 0.3) is 0 Å². The lowest BCUT2D eigenvalue weighted by molar-refractivity contribution is -0.307. The number of ether oxygens (including phenoxy) is 6. The van der Waals surface area contributed by atoms with Crippen LogP contribution in [-0.2, 0) is 42.4 Å². The Hall–Kier alpha value is -1.08. The van der Waals surface area contributed by atoms with Crippen molar-refractivity contribution in [1.29, 1.82) is 0 Å². The SMILES string of the molecule is CCCCCCCCCCCCO[C@@H]([C@@H]1O[C@](OC)(C(=O)OC)C[C@H](O[Si](C)(C)C(C)(C)C)[C@H]1NC(C)=O)[C@H]1COC(C)(C)O1. The molecule has 11 heteroatoms. The highest BCUT2D eigenvalue weighted by molar-refractivity contribution is 6.74. The largest absolute Gasteiger partial charge is 0.465 e. The Bertz CT molecular complexity index is 909. The highest BCUT2D eigenvalue weighted by Gasteiger charge is 2.59. The molecule has 0 radical (unpaired) electrons. The predicted molar refractivity (Wildman–Crippen MR) is 177 cm³/mol. The summed E-state index contributed by atoms with van der Waals surface area (Å²) in [4.78, 5) is 26.0. The van der Waals surface area contributed by atoms with E-state index in [2.05, 4.69) is 46.1 Å².